The summed E-state index contributed by atoms with van der Waals surface area (Å²) in [6.45, 7) is 16.3. The molecule has 8 heteroatoms. The lowest BCUT2D eigenvalue weighted by Gasteiger charge is -2.72. The molecule has 12 atom stereocenters. The van der Waals surface area contributed by atoms with Crippen molar-refractivity contribution >= 4 is 11.9 Å². The first-order chi connectivity index (χ1) is 21.4. The number of carbonyl (C=O) groups is 2. The molecular weight excluding hydrogens is 584 g/mol. The monoisotopic (exact) mass is 642 g/mol. The smallest absolute Gasteiger partial charge is 0.330 e. The highest BCUT2D eigenvalue weighted by Crippen LogP contribution is 2.75. The van der Waals surface area contributed by atoms with Gasteiger partial charge in [-0.15, -0.1) is 0 Å². The quantitative estimate of drug-likeness (QED) is 0.175. The summed E-state index contributed by atoms with van der Waals surface area (Å²) in [5.41, 5.74) is -1.98. The van der Waals surface area contributed by atoms with Gasteiger partial charge in [-0.3, -0.25) is 0 Å². The summed E-state index contributed by atoms with van der Waals surface area (Å²) in [7, 11) is 0. The fraction of sp³-hybridized carbons (Fsp3) is 0.789. The van der Waals surface area contributed by atoms with Crippen LogP contribution in [0, 0.1) is 50.2 Å². The van der Waals surface area contributed by atoms with Crippen molar-refractivity contribution in [1.29, 1.82) is 0 Å². The molecule has 3 unspecified atom stereocenters. The molecular formula is C38H58O8. The molecule has 5 aliphatic rings. The van der Waals surface area contributed by atoms with E-state index in [1.54, 1.807) is 26.0 Å². The summed E-state index contributed by atoms with van der Waals surface area (Å²) < 4.78 is 11.7. The van der Waals surface area contributed by atoms with Crippen molar-refractivity contribution in [3.05, 3.63) is 36.0 Å². The standard InChI is InChI=1S/C38H58O8/c1-9-11-29(42)45-22-35(6)25-15-18-36(7)26(34(25,5)17-16-27(35)40)14-13-23-24-19-33(3,4)31(44)32(46-30(43)12-10-2)38(24,21-39)28(41)20-37(23,36)8/h9-13,24-28,31-32,39-41,44H,14-22H2,1-8H3/b11-9+,12-10+/t24?,25?,26?,27-,28+,31-,32-,34-,35+,36+,37+,38-/m0/s1. The number of carbonyl (C=O) groups excluding carboxylic acids is 2. The lowest BCUT2D eigenvalue weighted by Crippen LogP contribution is -2.72. The normalized spacial score (nSPS) is 48.1. The molecule has 0 radical (unpaired) electrons. The Hall–Kier alpha value is -2.00. The van der Waals surface area contributed by atoms with E-state index in [4.69, 9.17) is 9.47 Å². The van der Waals surface area contributed by atoms with E-state index < -0.39 is 58.7 Å². The van der Waals surface area contributed by atoms with Crippen molar-refractivity contribution < 1.29 is 39.5 Å². The van der Waals surface area contributed by atoms with E-state index >= 15 is 0 Å². The lowest BCUT2D eigenvalue weighted by atomic mass is 9.33. The van der Waals surface area contributed by atoms with Gasteiger partial charge in [0.1, 0.15) is 6.10 Å². The van der Waals surface area contributed by atoms with Crippen LogP contribution in [0.3, 0.4) is 0 Å². The molecule has 4 fully saturated rings. The molecule has 0 bridgehead atoms. The van der Waals surface area contributed by atoms with Crippen LogP contribution in [-0.4, -0.2) is 70.0 Å². The van der Waals surface area contributed by atoms with Gasteiger partial charge in [0.25, 0.3) is 0 Å². The number of hydrogen-bond donors (Lipinski definition) is 4. The van der Waals surface area contributed by atoms with Gasteiger partial charge in [0.2, 0.25) is 0 Å². The van der Waals surface area contributed by atoms with Crippen LogP contribution in [0.5, 0.6) is 0 Å². The molecule has 0 aromatic rings. The molecule has 4 saturated carbocycles. The minimum Gasteiger partial charge on any atom is -0.462 e. The van der Waals surface area contributed by atoms with Gasteiger partial charge in [-0.25, -0.2) is 9.59 Å². The number of ether oxygens (including phenoxy) is 2. The van der Waals surface area contributed by atoms with Crippen LogP contribution in [0.1, 0.15) is 100 Å². The van der Waals surface area contributed by atoms with Gasteiger partial charge in [0.05, 0.1) is 36.9 Å². The highest BCUT2D eigenvalue weighted by atomic mass is 16.6. The SMILES string of the molecule is C/C=C/C(=O)OC[C@]1(C)C2CC[C@]3(C)C(CC=C4C5CC(C)(C)[C@@H](O)[C@H](OC(=O)/C=C/C)[C@]5(CO)[C@H](O)C[C@]43C)[C@@]2(C)CC[C@@H]1O. The van der Waals surface area contributed by atoms with Gasteiger partial charge < -0.3 is 29.9 Å². The Morgan fingerprint density at radius 2 is 1.54 bits per heavy atom. The zero-order valence-corrected chi connectivity index (χ0v) is 29.2. The second-order valence-corrected chi connectivity index (χ2v) is 17.0. The van der Waals surface area contributed by atoms with Crippen LogP contribution in [0.25, 0.3) is 0 Å². The largest absolute Gasteiger partial charge is 0.462 e. The number of rotatable bonds is 6. The van der Waals surface area contributed by atoms with Crippen LogP contribution in [-0.2, 0) is 19.1 Å². The van der Waals surface area contributed by atoms with Gasteiger partial charge in [0, 0.05) is 17.6 Å². The Bertz CT molecular complexity index is 1300. The fourth-order valence-electron chi connectivity index (χ4n) is 11.8. The third kappa shape index (κ3) is 4.82. The molecule has 0 aromatic carbocycles. The highest BCUT2D eigenvalue weighted by Gasteiger charge is 2.73. The number of hydrogen-bond acceptors (Lipinski definition) is 8. The van der Waals surface area contributed by atoms with E-state index in [0.29, 0.717) is 19.3 Å². The first-order valence-corrected chi connectivity index (χ1v) is 17.4. The molecule has 0 aliphatic heterocycles. The van der Waals surface area contributed by atoms with Crippen LogP contribution >= 0.6 is 0 Å². The number of aliphatic hydroxyl groups is 4. The van der Waals surface area contributed by atoms with Crippen LogP contribution in [0.4, 0.5) is 0 Å². The Kier molecular flexibility index (Phi) is 9.10. The predicted octanol–water partition coefficient (Wildman–Crippen LogP) is 5.28. The summed E-state index contributed by atoms with van der Waals surface area (Å²) in [6, 6.07) is 0. The molecule has 0 heterocycles. The average Bonchev–Trinajstić information content (AvgIpc) is 2.97. The summed E-state index contributed by atoms with van der Waals surface area (Å²) in [5, 5.41) is 46.4. The van der Waals surface area contributed by atoms with E-state index in [-0.39, 0.29) is 41.2 Å². The summed E-state index contributed by atoms with van der Waals surface area (Å²) >= 11 is 0. The van der Waals surface area contributed by atoms with Crippen LogP contribution in [0.2, 0.25) is 0 Å². The minimum absolute atomic E-state index is 0.137. The summed E-state index contributed by atoms with van der Waals surface area (Å²) in [6.07, 6.45) is 9.63. The summed E-state index contributed by atoms with van der Waals surface area (Å²) in [5.74, 6) is -0.875. The first kappa shape index (κ1) is 35.3. The Morgan fingerprint density at radius 3 is 2.17 bits per heavy atom. The van der Waals surface area contributed by atoms with Gasteiger partial charge in [-0.2, -0.15) is 0 Å². The zero-order chi connectivity index (χ0) is 34.1. The Labute approximate surface area is 275 Å². The molecule has 258 valence electrons. The van der Waals surface area contributed by atoms with Gasteiger partial charge in [-0.05, 0) is 98.2 Å². The number of fused-ring (bicyclic) bond motifs is 7. The average molecular weight is 643 g/mol. The zero-order valence-electron chi connectivity index (χ0n) is 29.2. The van der Waals surface area contributed by atoms with Crippen molar-refractivity contribution in [1.82, 2.24) is 0 Å². The molecule has 46 heavy (non-hydrogen) atoms. The molecule has 5 aliphatic carbocycles. The fourth-order valence-corrected chi connectivity index (χ4v) is 11.8. The Balaban J connectivity index is 1.57. The third-order valence-corrected chi connectivity index (χ3v) is 14.5. The molecule has 5 rings (SSSR count). The molecule has 0 spiro atoms. The maximum atomic E-state index is 12.8. The van der Waals surface area contributed by atoms with Crippen molar-refractivity contribution in [2.75, 3.05) is 13.2 Å². The van der Waals surface area contributed by atoms with E-state index in [9.17, 15) is 30.0 Å². The van der Waals surface area contributed by atoms with Crippen molar-refractivity contribution in [3.8, 4) is 0 Å². The van der Waals surface area contributed by atoms with E-state index in [1.807, 2.05) is 13.8 Å². The maximum absolute atomic E-state index is 12.8. The van der Waals surface area contributed by atoms with E-state index in [0.717, 1.165) is 25.7 Å². The molecule has 0 saturated heterocycles. The second-order valence-electron chi connectivity index (χ2n) is 17.0. The van der Waals surface area contributed by atoms with E-state index in [1.165, 1.54) is 17.7 Å². The minimum atomic E-state index is -1.23. The first-order valence-electron chi connectivity index (χ1n) is 17.4. The highest BCUT2D eigenvalue weighted by molar-refractivity contribution is 5.82. The number of aliphatic hydroxyl groups excluding tert-OH is 4. The number of esters is 2. The second kappa shape index (κ2) is 11.9. The van der Waals surface area contributed by atoms with Crippen molar-refractivity contribution in [2.24, 2.45) is 50.2 Å². The molecule has 4 N–H and O–H groups in total. The maximum Gasteiger partial charge on any atom is 0.330 e. The molecule has 0 amide bonds. The van der Waals surface area contributed by atoms with Gasteiger partial charge >= 0.3 is 11.9 Å². The van der Waals surface area contributed by atoms with Crippen molar-refractivity contribution in [2.45, 2.75) is 125 Å². The molecule has 8 nitrogen and oxygen atoms in total. The summed E-state index contributed by atoms with van der Waals surface area (Å²) in [4.78, 5) is 25.2. The lowest BCUT2D eigenvalue weighted by molar-refractivity contribution is -0.263. The van der Waals surface area contributed by atoms with Crippen molar-refractivity contribution in [3.63, 3.8) is 0 Å². The molecule has 0 aromatic heterocycles. The van der Waals surface area contributed by atoms with E-state index in [2.05, 4.69) is 33.8 Å². The Morgan fingerprint density at radius 1 is 0.891 bits per heavy atom. The van der Waals surface area contributed by atoms with Gasteiger partial charge in [-0.1, -0.05) is 65.3 Å². The third-order valence-electron chi connectivity index (χ3n) is 14.5. The predicted molar refractivity (Wildman–Crippen MR) is 175 cm³/mol. The topological polar surface area (TPSA) is 134 Å². The van der Waals surface area contributed by atoms with Gasteiger partial charge in [0.15, 0.2) is 0 Å². The van der Waals surface area contributed by atoms with Crippen LogP contribution in [0.15, 0.2) is 36.0 Å². The van der Waals surface area contributed by atoms with Crippen LogP contribution < -0.4 is 0 Å². The number of allylic oxidation sites excluding steroid dienone is 4.